The smallest absolute Gasteiger partial charge is 0.317 e. The number of nitrogens with one attached hydrogen (secondary N) is 3. The Balaban J connectivity index is 1.47. The summed E-state index contributed by atoms with van der Waals surface area (Å²) in [7, 11) is 0. The average Bonchev–Trinajstić information content (AvgIpc) is 2.76. The van der Waals surface area contributed by atoms with E-state index in [-0.39, 0.29) is 6.03 Å². The second kappa shape index (κ2) is 6.78. The van der Waals surface area contributed by atoms with Gasteiger partial charge in [0.25, 0.3) is 0 Å². The van der Waals surface area contributed by atoms with Gasteiger partial charge in [0, 0.05) is 65.4 Å². The highest BCUT2D eigenvalue weighted by Gasteiger charge is 2.18. The standard InChI is InChI=1S/C11H23N5O/c17-11-14-5-10-16(11)9-4-13-3-8-15-6-1-12-2-7-15/h12-13H,1-10H2,(H,14,17). The number of hydrogen-bond acceptors (Lipinski definition) is 4. The van der Waals surface area contributed by atoms with Crippen LogP contribution in [-0.4, -0.2) is 81.3 Å². The number of rotatable bonds is 6. The highest BCUT2D eigenvalue weighted by Crippen LogP contribution is 1.94. The van der Waals surface area contributed by atoms with E-state index < -0.39 is 0 Å². The van der Waals surface area contributed by atoms with Crippen molar-refractivity contribution in [3.8, 4) is 0 Å². The van der Waals surface area contributed by atoms with Gasteiger partial charge in [-0.1, -0.05) is 0 Å². The molecule has 2 aliphatic heterocycles. The molecule has 98 valence electrons. The van der Waals surface area contributed by atoms with E-state index in [1.807, 2.05) is 4.90 Å². The summed E-state index contributed by atoms with van der Waals surface area (Å²) in [4.78, 5) is 15.6. The summed E-state index contributed by atoms with van der Waals surface area (Å²) in [5, 5.41) is 9.55. The van der Waals surface area contributed by atoms with Crippen LogP contribution in [0.2, 0.25) is 0 Å². The number of piperazine rings is 1. The zero-order chi connectivity index (χ0) is 11.9. The molecule has 2 fully saturated rings. The minimum atomic E-state index is 0.0777. The van der Waals surface area contributed by atoms with Crippen LogP contribution < -0.4 is 16.0 Å². The van der Waals surface area contributed by atoms with Crippen molar-refractivity contribution in [1.29, 1.82) is 0 Å². The van der Waals surface area contributed by atoms with Gasteiger partial charge in [-0.15, -0.1) is 0 Å². The minimum Gasteiger partial charge on any atom is -0.336 e. The van der Waals surface area contributed by atoms with E-state index in [0.717, 1.165) is 65.4 Å². The van der Waals surface area contributed by atoms with Crippen molar-refractivity contribution in [3.05, 3.63) is 0 Å². The predicted octanol–water partition coefficient (Wildman–Crippen LogP) is -1.49. The fourth-order valence-electron chi connectivity index (χ4n) is 2.24. The molecule has 0 radical (unpaired) electrons. The molecular formula is C11H23N5O. The van der Waals surface area contributed by atoms with Gasteiger partial charge in [-0.3, -0.25) is 4.90 Å². The molecule has 0 bridgehead atoms. The molecule has 2 heterocycles. The van der Waals surface area contributed by atoms with Crippen LogP contribution in [0.3, 0.4) is 0 Å². The highest BCUT2D eigenvalue weighted by atomic mass is 16.2. The Labute approximate surface area is 103 Å². The molecule has 0 aromatic heterocycles. The lowest BCUT2D eigenvalue weighted by molar-refractivity contribution is 0.216. The maximum absolute atomic E-state index is 11.3. The molecule has 2 amide bonds. The zero-order valence-electron chi connectivity index (χ0n) is 10.4. The number of amides is 2. The van der Waals surface area contributed by atoms with E-state index >= 15 is 0 Å². The molecule has 6 nitrogen and oxygen atoms in total. The molecule has 0 aromatic rings. The van der Waals surface area contributed by atoms with Crippen molar-refractivity contribution >= 4 is 6.03 Å². The second-order valence-corrected chi connectivity index (χ2v) is 4.56. The Morgan fingerprint density at radius 3 is 2.53 bits per heavy atom. The van der Waals surface area contributed by atoms with Crippen LogP contribution in [0.1, 0.15) is 0 Å². The van der Waals surface area contributed by atoms with Crippen LogP contribution in [0.25, 0.3) is 0 Å². The molecule has 0 saturated carbocycles. The van der Waals surface area contributed by atoms with Crippen molar-refractivity contribution in [2.45, 2.75) is 0 Å². The number of carbonyl (C=O) groups is 1. The summed E-state index contributed by atoms with van der Waals surface area (Å²) in [6, 6.07) is 0.0777. The minimum absolute atomic E-state index is 0.0777. The topological polar surface area (TPSA) is 59.6 Å². The normalized spacial score (nSPS) is 21.9. The first kappa shape index (κ1) is 12.6. The van der Waals surface area contributed by atoms with Crippen LogP contribution in [0.4, 0.5) is 4.79 Å². The predicted molar refractivity (Wildman–Crippen MR) is 67.2 cm³/mol. The SMILES string of the molecule is O=C1NCCN1CCNCCN1CCNCC1. The van der Waals surface area contributed by atoms with Gasteiger partial charge in [-0.25, -0.2) is 4.79 Å². The zero-order valence-corrected chi connectivity index (χ0v) is 10.4. The molecule has 2 aliphatic rings. The summed E-state index contributed by atoms with van der Waals surface area (Å²) in [5.74, 6) is 0. The maximum Gasteiger partial charge on any atom is 0.317 e. The van der Waals surface area contributed by atoms with E-state index in [2.05, 4.69) is 20.9 Å². The first-order valence-electron chi connectivity index (χ1n) is 6.53. The van der Waals surface area contributed by atoms with E-state index in [1.54, 1.807) is 0 Å². The fraction of sp³-hybridized carbons (Fsp3) is 0.909. The molecule has 17 heavy (non-hydrogen) atoms. The van der Waals surface area contributed by atoms with Crippen LogP contribution in [-0.2, 0) is 0 Å². The van der Waals surface area contributed by atoms with Crippen LogP contribution >= 0.6 is 0 Å². The summed E-state index contributed by atoms with van der Waals surface area (Å²) < 4.78 is 0. The Kier molecular flexibility index (Phi) is 5.03. The highest BCUT2D eigenvalue weighted by molar-refractivity contribution is 5.76. The third-order valence-electron chi connectivity index (χ3n) is 3.32. The maximum atomic E-state index is 11.3. The monoisotopic (exact) mass is 241 g/mol. The lowest BCUT2D eigenvalue weighted by Crippen LogP contribution is -2.46. The number of urea groups is 1. The van der Waals surface area contributed by atoms with E-state index in [9.17, 15) is 4.79 Å². The molecule has 6 heteroatoms. The van der Waals surface area contributed by atoms with E-state index in [0.29, 0.717) is 0 Å². The van der Waals surface area contributed by atoms with Gasteiger partial charge in [0.15, 0.2) is 0 Å². The molecule has 2 rings (SSSR count). The molecular weight excluding hydrogens is 218 g/mol. The largest absolute Gasteiger partial charge is 0.336 e. The van der Waals surface area contributed by atoms with Gasteiger partial charge in [0.2, 0.25) is 0 Å². The summed E-state index contributed by atoms with van der Waals surface area (Å²) in [5.41, 5.74) is 0. The van der Waals surface area contributed by atoms with Crippen LogP contribution in [0, 0.1) is 0 Å². The summed E-state index contributed by atoms with van der Waals surface area (Å²) in [6.07, 6.45) is 0. The fourth-order valence-corrected chi connectivity index (χ4v) is 2.24. The van der Waals surface area contributed by atoms with Crippen molar-refractivity contribution < 1.29 is 4.79 Å². The Bertz CT molecular complexity index is 242. The Morgan fingerprint density at radius 1 is 1.06 bits per heavy atom. The van der Waals surface area contributed by atoms with Gasteiger partial charge < -0.3 is 20.9 Å². The first-order valence-corrected chi connectivity index (χ1v) is 6.53. The van der Waals surface area contributed by atoms with Crippen LogP contribution in [0.5, 0.6) is 0 Å². The molecule has 0 aromatic carbocycles. The molecule has 0 spiro atoms. The van der Waals surface area contributed by atoms with Gasteiger partial charge in [-0.2, -0.15) is 0 Å². The van der Waals surface area contributed by atoms with Gasteiger partial charge in [-0.05, 0) is 0 Å². The third kappa shape index (κ3) is 4.14. The molecule has 2 saturated heterocycles. The van der Waals surface area contributed by atoms with Crippen molar-refractivity contribution in [2.24, 2.45) is 0 Å². The second-order valence-electron chi connectivity index (χ2n) is 4.56. The van der Waals surface area contributed by atoms with Crippen molar-refractivity contribution in [2.75, 3.05) is 65.4 Å². The molecule has 0 atom stereocenters. The van der Waals surface area contributed by atoms with Crippen LogP contribution in [0.15, 0.2) is 0 Å². The summed E-state index contributed by atoms with van der Waals surface area (Å²) in [6.45, 7) is 9.96. The van der Waals surface area contributed by atoms with Gasteiger partial charge in [0.1, 0.15) is 0 Å². The van der Waals surface area contributed by atoms with E-state index in [4.69, 9.17) is 0 Å². The number of nitrogens with zero attached hydrogens (tertiary/aromatic N) is 2. The number of hydrogen-bond donors (Lipinski definition) is 3. The average molecular weight is 241 g/mol. The van der Waals surface area contributed by atoms with E-state index in [1.165, 1.54) is 0 Å². The first-order chi connectivity index (χ1) is 8.36. The van der Waals surface area contributed by atoms with Crippen molar-refractivity contribution in [1.82, 2.24) is 25.8 Å². The number of carbonyl (C=O) groups excluding carboxylic acids is 1. The molecule has 0 aliphatic carbocycles. The van der Waals surface area contributed by atoms with Gasteiger partial charge >= 0.3 is 6.03 Å². The molecule has 0 unspecified atom stereocenters. The molecule has 3 N–H and O–H groups in total. The Morgan fingerprint density at radius 2 is 1.82 bits per heavy atom. The Hall–Kier alpha value is -0.850. The lowest BCUT2D eigenvalue weighted by atomic mass is 10.3. The quantitative estimate of drug-likeness (QED) is 0.496. The van der Waals surface area contributed by atoms with Crippen molar-refractivity contribution in [3.63, 3.8) is 0 Å². The third-order valence-corrected chi connectivity index (χ3v) is 3.32. The lowest BCUT2D eigenvalue weighted by Gasteiger charge is -2.27. The summed E-state index contributed by atoms with van der Waals surface area (Å²) >= 11 is 0. The van der Waals surface area contributed by atoms with Gasteiger partial charge in [0.05, 0.1) is 0 Å².